The molecule has 0 aliphatic carbocycles. The number of nitrogens with one attached hydrogen (secondary N) is 4. The van der Waals surface area contributed by atoms with Gasteiger partial charge < -0.3 is 39.9 Å². The highest BCUT2D eigenvalue weighted by Gasteiger charge is 2.38. The molecule has 1 saturated heterocycles. The number of methoxy groups -OCH3 is 2. The van der Waals surface area contributed by atoms with Gasteiger partial charge >= 0.3 is 12.2 Å². The number of imidazole rings is 2. The lowest BCUT2D eigenvalue weighted by Crippen LogP contribution is -2.51. The van der Waals surface area contributed by atoms with Gasteiger partial charge in [0.25, 0.3) is 5.91 Å². The van der Waals surface area contributed by atoms with Crippen molar-refractivity contribution in [3.8, 4) is 34.4 Å². The second-order valence-electron chi connectivity index (χ2n) is 15.2. The number of likely N-dealkylation sites (tertiary alicyclic amines) is 1. The Hall–Kier alpha value is -7.14. The lowest BCUT2D eigenvalue weighted by atomic mass is 10.0. The number of alkyl carbamates (subject to hydrolysis) is 2. The molecule has 14 heteroatoms. The molecule has 4 amide bonds. The minimum atomic E-state index is -0.885. The van der Waals surface area contributed by atoms with Gasteiger partial charge in [0.05, 0.1) is 44.0 Å². The van der Waals surface area contributed by atoms with Crippen molar-refractivity contribution >= 4 is 24.0 Å². The maximum absolute atomic E-state index is 13.9. The lowest BCUT2D eigenvalue weighted by molar-refractivity contribution is -0.135. The summed E-state index contributed by atoms with van der Waals surface area (Å²) >= 11 is 0. The highest BCUT2D eigenvalue weighted by atomic mass is 16.5. The Labute approximate surface area is 348 Å². The van der Waals surface area contributed by atoms with E-state index in [-0.39, 0.29) is 23.8 Å². The van der Waals surface area contributed by atoms with Crippen LogP contribution in [-0.2, 0) is 19.1 Å². The van der Waals surface area contributed by atoms with E-state index in [0.29, 0.717) is 30.3 Å². The van der Waals surface area contributed by atoms with E-state index >= 15 is 0 Å². The standard InChI is InChI=1S/C46H48N8O6/c1-28(2)39(51-45(57)59-4)43(55)54-27-29(3)24-38(54)42-48-26-36(50-42)33-21-17-31(18-22-33)14-13-30-15-19-32(20-16-30)35-25-47-41(49-35)37-12-9-23-53(37)44(56)40(52-46(58)60-5)34-10-7-6-8-11-34/h6-8,10-11,15-22,24-26,28,37-40H,9,12,23,27H2,1-5H3,(H,47,49)(H,48,50)(H,51,57)(H,52,58)/t37-,38-,39-,40+/m0/s1. The third-order valence-corrected chi connectivity index (χ3v) is 10.8. The van der Waals surface area contributed by atoms with Crippen LogP contribution in [0.15, 0.2) is 103 Å². The Balaban J connectivity index is 0.989. The summed E-state index contributed by atoms with van der Waals surface area (Å²) in [5.74, 6) is 7.24. The van der Waals surface area contributed by atoms with Gasteiger partial charge in [-0.25, -0.2) is 19.6 Å². The summed E-state index contributed by atoms with van der Waals surface area (Å²) in [7, 11) is 2.55. The molecule has 2 aromatic heterocycles. The number of carbonyl (C=O) groups excluding carboxylic acids is 4. The predicted octanol–water partition coefficient (Wildman–Crippen LogP) is 6.84. The van der Waals surface area contributed by atoms with Crippen molar-refractivity contribution in [3.63, 3.8) is 0 Å². The molecule has 5 aromatic rings. The fourth-order valence-electron chi connectivity index (χ4n) is 7.59. The number of carbonyl (C=O) groups is 4. The SMILES string of the molecule is COC(=O)N[C@H](C(=O)N1CC(C)=C[C@H]1c1ncc(-c2ccc(C#Cc3ccc(-c4cnc([C@@H]5CCCN5C(=O)[C@H](NC(=O)OC)c5ccccc5)[nH]4)cc3)cc2)[nH]1)C(C)C. The van der Waals surface area contributed by atoms with Gasteiger partial charge in [-0.1, -0.05) is 91.9 Å². The van der Waals surface area contributed by atoms with Crippen molar-refractivity contribution in [1.29, 1.82) is 0 Å². The van der Waals surface area contributed by atoms with Crippen LogP contribution in [0, 0.1) is 17.8 Å². The first kappa shape index (κ1) is 41.0. The van der Waals surface area contributed by atoms with E-state index in [1.54, 1.807) is 22.2 Å². The van der Waals surface area contributed by atoms with E-state index in [1.165, 1.54) is 14.2 Å². The molecule has 308 valence electrons. The van der Waals surface area contributed by atoms with Crippen molar-refractivity contribution in [2.45, 2.75) is 57.8 Å². The summed E-state index contributed by atoms with van der Waals surface area (Å²) in [5, 5.41) is 5.38. The summed E-state index contributed by atoms with van der Waals surface area (Å²) in [4.78, 5) is 71.3. The molecule has 0 unspecified atom stereocenters. The molecule has 4 heterocycles. The summed E-state index contributed by atoms with van der Waals surface area (Å²) in [6, 6.07) is 22.6. The molecule has 60 heavy (non-hydrogen) atoms. The zero-order valence-electron chi connectivity index (χ0n) is 34.2. The molecule has 4 atom stereocenters. The van der Waals surface area contributed by atoms with Crippen LogP contribution in [0.2, 0.25) is 0 Å². The second kappa shape index (κ2) is 18.2. The number of nitrogens with zero attached hydrogens (tertiary/aromatic N) is 4. The molecule has 0 saturated carbocycles. The minimum absolute atomic E-state index is 0.142. The zero-order valence-corrected chi connectivity index (χ0v) is 34.2. The van der Waals surface area contributed by atoms with Crippen LogP contribution in [0.5, 0.6) is 0 Å². The lowest BCUT2D eigenvalue weighted by Gasteiger charge is -2.30. The quantitative estimate of drug-likeness (QED) is 0.0877. The molecule has 2 aliphatic rings. The first-order valence-corrected chi connectivity index (χ1v) is 19.9. The van der Waals surface area contributed by atoms with E-state index < -0.39 is 30.3 Å². The summed E-state index contributed by atoms with van der Waals surface area (Å²) in [6.45, 7) is 6.72. The summed E-state index contributed by atoms with van der Waals surface area (Å²) in [5.41, 5.74) is 6.88. The number of aromatic amines is 2. The average molecular weight is 809 g/mol. The fraction of sp³-hybridized carbons (Fsp3) is 0.304. The number of aromatic nitrogens is 4. The predicted molar refractivity (Wildman–Crippen MR) is 225 cm³/mol. The van der Waals surface area contributed by atoms with Crippen molar-refractivity contribution in [2.75, 3.05) is 27.3 Å². The Morgan fingerprint density at radius 1 is 0.750 bits per heavy atom. The van der Waals surface area contributed by atoms with Gasteiger partial charge in [0.15, 0.2) is 0 Å². The van der Waals surface area contributed by atoms with Crippen LogP contribution < -0.4 is 10.6 Å². The van der Waals surface area contributed by atoms with Crippen molar-refractivity contribution in [3.05, 3.63) is 131 Å². The van der Waals surface area contributed by atoms with Crippen LogP contribution >= 0.6 is 0 Å². The summed E-state index contributed by atoms with van der Waals surface area (Å²) in [6.07, 6.45) is 5.77. The third kappa shape index (κ3) is 9.10. The number of hydrogen-bond donors (Lipinski definition) is 4. The Bertz CT molecular complexity index is 2430. The highest BCUT2D eigenvalue weighted by molar-refractivity contribution is 5.88. The van der Waals surface area contributed by atoms with E-state index in [9.17, 15) is 19.2 Å². The van der Waals surface area contributed by atoms with Gasteiger partial charge in [0.1, 0.15) is 29.8 Å². The van der Waals surface area contributed by atoms with Gasteiger partial charge in [-0.05, 0) is 66.6 Å². The molecule has 0 radical (unpaired) electrons. The molecular formula is C46H48N8O6. The number of H-pyrrole nitrogens is 2. The molecule has 1 fully saturated rings. The van der Waals surface area contributed by atoms with Crippen LogP contribution in [0.4, 0.5) is 9.59 Å². The van der Waals surface area contributed by atoms with Crippen molar-refractivity contribution in [1.82, 2.24) is 40.4 Å². The minimum Gasteiger partial charge on any atom is -0.453 e. The van der Waals surface area contributed by atoms with Crippen LogP contribution in [0.25, 0.3) is 22.5 Å². The molecule has 2 aliphatic heterocycles. The van der Waals surface area contributed by atoms with Gasteiger partial charge in [-0.3, -0.25) is 9.59 Å². The zero-order chi connectivity index (χ0) is 42.3. The number of hydrogen-bond acceptors (Lipinski definition) is 8. The molecule has 3 aromatic carbocycles. The van der Waals surface area contributed by atoms with Crippen LogP contribution in [0.3, 0.4) is 0 Å². The molecular weight excluding hydrogens is 761 g/mol. The highest BCUT2D eigenvalue weighted by Crippen LogP contribution is 2.35. The maximum Gasteiger partial charge on any atom is 0.407 e. The maximum atomic E-state index is 13.9. The van der Waals surface area contributed by atoms with E-state index in [1.807, 2.05) is 106 Å². The van der Waals surface area contributed by atoms with E-state index in [0.717, 1.165) is 52.1 Å². The number of ether oxygens (including phenoxy) is 2. The topological polar surface area (TPSA) is 175 Å². The van der Waals surface area contributed by atoms with Crippen molar-refractivity contribution < 1.29 is 28.7 Å². The Kier molecular flexibility index (Phi) is 12.4. The molecule has 7 rings (SSSR count). The van der Waals surface area contributed by atoms with E-state index in [2.05, 4.69) is 42.4 Å². The molecule has 14 nitrogen and oxygen atoms in total. The third-order valence-electron chi connectivity index (χ3n) is 10.8. The van der Waals surface area contributed by atoms with Gasteiger partial charge in [-0.2, -0.15) is 0 Å². The Morgan fingerprint density at radius 2 is 1.32 bits per heavy atom. The smallest absolute Gasteiger partial charge is 0.407 e. The fourth-order valence-corrected chi connectivity index (χ4v) is 7.59. The van der Waals surface area contributed by atoms with Crippen LogP contribution in [-0.4, -0.2) is 87.1 Å². The van der Waals surface area contributed by atoms with Gasteiger partial charge in [0.2, 0.25) is 5.91 Å². The first-order valence-electron chi connectivity index (χ1n) is 19.9. The normalized spacial score (nSPS) is 17.0. The number of rotatable bonds is 10. The largest absolute Gasteiger partial charge is 0.453 e. The number of benzene rings is 3. The second-order valence-corrected chi connectivity index (χ2v) is 15.2. The summed E-state index contributed by atoms with van der Waals surface area (Å²) < 4.78 is 9.57. The van der Waals surface area contributed by atoms with Gasteiger partial charge in [0, 0.05) is 24.2 Å². The van der Waals surface area contributed by atoms with Crippen LogP contribution in [0.1, 0.15) is 80.1 Å². The monoisotopic (exact) mass is 808 g/mol. The number of amides is 4. The van der Waals surface area contributed by atoms with E-state index in [4.69, 9.17) is 9.47 Å². The Morgan fingerprint density at radius 3 is 1.90 bits per heavy atom. The van der Waals surface area contributed by atoms with Gasteiger partial charge in [-0.15, -0.1) is 0 Å². The molecule has 0 spiro atoms. The molecule has 4 N–H and O–H groups in total. The average Bonchev–Trinajstić information content (AvgIpc) is 4.11. The first-order chi connectivity index (χ1) is 29.0. The van der Waals surface area contributed by atoms with Crippen molar-refractivity contribution in [2.24, 2.45) is 5.92 Å². The molecule has 0 bridgehead atoms.